The van der Waals surface area contributed by atoms with Gasteiger partial charge in [0.2, 0.25) is 6.71 Å². The van der Waals surface area contributed by atoms with Crippen LogP contribution in [-0.4, -0.2) is 6.71 Å². The molecule has 9 rings (SSSR count). The summed E-state index contributed by atoms with van der Waals surface area (Å²) < 4.78 is 0. The van der Waals surface area contributed by atoms with E-state index in [4.69, 9.17) is 6.42 Å². The lowest BCUT2D eigenvalue weighted by atomic mass is 9.35. The maximum absolute atomic E-state index is 5.70. The molecule has 57 heavy (non-hydrogen) atoms. The highest BCUT2D eigenvalue weighted by Crippen LogP contribution is 2.43. The van der Waals surface area contributed by atoms with Gasteiger partial charge in [-0.15, -0.1) is 6.42 Å². The van der Waals surface area contributed by atoms with Crippen molar-refractivity contribution in [2.75, 3.05) is 0 Å². The standard InChI is InChI=1S/C54H43B.C2H6/c1-7-12-34(2)27-36(4)33-55(54-37(5)28-35(3)29-38(54)6)51-32-50(45-20-18-40-14-9-11-16-43(40)31-45)48-24-22-41-21-23-46(47-25-26-49(51)53(48)52(41)47)44-19-17-39-13-8-10-15-42(39)30-44;1-2/h1,8-32H,33H2,2-6H3;1-2H3/b34-12-,36-27-;. The van der Waals surface area contributed by atoms with Gasteiger partial charge in [0.15, 0.2) is 0 Å². The molecule has 0 aliphatic carbocycles. The molecule has 276 valence electrons. The first-order valence-corrected chi connectivity index (χ1v) is 20.4. The Labute approximate surface area is 339 Å². The summed E-state index contributed by atoms with van der Waals surface area (Å²) in [6, 6.07) is 52.6. The number of aryl methyl sites for hydroxylation is 3. The van der Waals surface area contributed by atoms with Crippen LogP contribution in [0.15, 0.2) is 163 Å². The van der Waals surface area contributed by atoms with Crippen LogP contribution in [0.4, 0.5) is 0 Å². The largest absolute Gasteiger partial charge is 0.214 e. The molecule has 0 spiro atoms. The summed E-state index contributed by atoms with van der Waals surface area (Å²) in [7, 11) is 0. The van der Waals surface area contributed by atoms with Crippen LogP contribution < -0.4 is 10.9 Å². The summed E-state index contributed by atoms with van der Waals surface area (Å²) in [5.74, 6) is 2.72. The van der Waals surface area contributed by atoms with E-state index in [0.717, 1.165) is 11.9 Å². The van der Waals surface area contributed by atoms with Crippen molar-refractivity contribution in [3.63, 3.8) is 0 Å². The molecule has 0 N–H and O–H groups in total. The minimum Gasteiger partial charge on any atom is -0.115 e. The first-order valence-electron chi connectivity index (χ1n) is 20.4. The van der Waals surface area contributed by atoms with Crippen molar-refractivity contribution >= 4 is 71.5 Å². The Balaban J connectivity index is 0.00000224. The molecule has 0 bridgehead atoms. The molecule has 0 aliphatic heterocycles. The van der Waals surface area contributed by atoms with Crippen LogP contribution >= 0.6 is 0 Å². The summed E-state index contributed by atoms with van der Waals surface area (Å²) in [6.07, 6.45) is 10.7. The molecule has 0 saturated carbocycles. The van der Waals surface area contributed by atoms with E-state index in [-0.39, 0.29) is 6.71 Å². The Bertz CT molecular complexity index is 3050. The first-order chi connectivity index (χ1) is 27.8. The molecule has 0 unspecified atom stereocenters. The molecule has 0 saturated heterocycles. The van der Waals surface area contributed by atoms with Gasteiger partial charge in [0.1, 0.15) is 0 Å². The zero-order valence-electron chi connectivity index (χ0n) is 34.3. The summed E-state index contributed by atoms with van der Waals surface area (Å²) in [5.41, 5.74) is 14.2. The van der Waals surface area contributed by atoms with Crippen LogP contribution in [0.2, 0.25) is 6.32 Å². The van der Waals surface area contributed by atoms with Crippen LogP contribution in [-0.2, 0) is 0 Å². The Morgan fingerprint density at radius 2 is 1.09 bits per heavy atom. The number of benzene rings is 9. The second-order valence-electron chi connectivity index (χ2n) is 15.6. The predicted octanol–water partition coefficient (Wildman–Crippen LogP) is 14.3. The van der Waals surface area contributed by atoms with Gasteiger partial charge in [-0.05, 0) is 141 Å². The van der Waals surface area contributed by atoms with Crippen molar-refractivity contribution in [1.82, 2.24) is 0 Å². The number of allylic oxidation sites excluding steroid dienone is 4. The highest BCUT2D eigenvalue weighted by Gasteiger charge is 2.28. The van der Waals surface area contributed by atoms with E-state index in [1.807, 2.05) is 19.9 Å². The summed E-state index contributed by atoms with van der Waals surface area (Å²) in [5, 5.41) is 12.9. The second-order valence-corrected chi connectivity index (χ2v) is 15.6. The topological polar surface area (TPSA) is 0 Å². The van der Waals surface area contributed by atoms with Crippen molar-refractivity contribution < 1.29 is 0 Å². The molecule has 0 atom stereocenters. The quantitative estimate of drug-likeness (QED) is 0.0662. The first kappa shape index (κ1) is 37.6. The van der Waals surface area contributed by atoms with Gasteiger partial charge in [0.05, 0.1) is 0 Å². The molecule has 0 nitrogen and oxygen atoms in total. The minimum atomic E-state index is 0.124. The van der Waals surface area contributed by atoms with Crippen molar-refractivity contribution in [1.29, 1.82) is 0 Å². The van der Waals surface area contributed by atoms with E-state index >= 15 is 0 Å². The molecule has 0 aliphatic rings. The normalized spacial score (nSPS) is 12.0. The zero-order valence-corrected chi connectivity index (χ0v) is 34.3. The number of terminal acetylenes is 1. The van der Waals surface area contributed by atoms with Gasteiger partial charge >= 0.3 is 0 Å². The molecule has 0 fully saturated rings. The fourth-order valence-electron chi connectivity index (χ4n) is 9.47. The van der Waals surface area contributed by atoms with Crippen molar-refractivity contribution in [3.05, 3.63) is 180 Å². The van der Waals surface area contributed by atoms with Gasteiger partial charge in [0, 0.05) is 0 Å². The van der Waals surface area contributed by atoms with Gasteiger partial charge in [-0.3, -0.25) is 0 Å². The van der Waals surface area contributed by atoms with E-state index in [1.54, 1.807) is 0 Å². The Kier molecular flexibility index (Phi) is 10.3. The van der Waals surface area contributed by atoms with E-state index in [0.29, 0.717) is 0 Å². The fourth-order valence-corrected chi connectivity index (χ4v) is 9.47. The van der Waals surface area contributed by atoms with Crippen molar-refractivity contribution in [2.24, 2.45) is 0 Å². The number of hydrogen-bond donors (Lipinski definition) is 0. The van der Waals surface area contributed by atoms with Gasteiger partial charge in [-0.1, -0.05) is 186 Å². The maximum Gasteiger partial charge on any atom is 0.214 e. The molecule has 1 heteroatoms. The average molecular weight is 733 g/mol. The predicted molar refractivity (Wildman–Crippen MR) is 254 cm³/mol. The number of fused-ring (bicyclic) bond motifs is 2. The lowest BCUT2D eigenvalue weighted by Gasteiger charge is -2.25. The third-order valence-electron chi connectivity index (χ3n) is 11.7. The van der Waals surface area contributed by atoms with Gasteiger partial charge in [-0.2, -0.15) is 0 Å². The fraction of sp³-hybridized carbons (Fsp3) is 0.143. The lowest BCUT2D eigenvalue weighted by molar-refractivity contribution is 1.31. The highest BCUT2D eigenvalue weighted by molar-refractivity contribution is 6.88. The zero-order chi connectivity index (χ0) is 39.8. The van der Waals surface area contributed by atoms with Crippen LogP contribution in [0.3, 0.4) is 0 Å². The summed E-state index contributed by atoms with van der Waals surface area (Å²) in [6.45, 7) is 15.3. The Morgan fingerprint density at radius 3 is 1.72 bits per heavy atom. The molecule has 0 radical (unpaired) electrons. The van der Waals surface area contributed by atoms with Crippen LogP contribution in [0.1, 0.15) is 44.4 Å². The van der Waals surface area contributed by atoms with Crippen molar-refractivity contribution in [2.45, 2.75) is 54.8 Å². The van der Waals surface area contributed by atoms with E-state index < -0.39 is 0 Å². The van der Waals surface area contributed by atoms with Crippen LogP contribution in [0, 0.1) is 33.1 Å². The Morgan fingerprint density at radius 1 is 0.561 bits per heavy atom. The smallest absolute Gasteiger partial charge is 0.115 e. The third kappa shape index (κ3) is 6.92. The molecule has 0 heterocycles. The lowest BCUT2D eigenvalue weighted by Crippen LogP contribution is -2.45. The van der Waals surface area contributed by atoms with Gasteiger partial charge in [-0.25, -0.2) is 0 Å². The molecule has 9 aromatic rings. The third-order valence-corrected chi connectivity index (χ3v) is 11.7. The maximum atomic E-state index is 5.70. The second kappa shape index (κ2) is 15.6. The number of rotatable bonds is 7. The number of hydrogen-bond acceptors (Lipinski definition) is 0. The molecule has 0 amide bonds. The average Bonchev–Trinajstić information content (AvgIpc) is 3.22. The van der Waals surface area contributed by atoms with Crippen molar-refractivity contribution in [3.8, 4) is 34.6 Å². The molecular weight excluding hydrogens is 683 g/mol. The summed E-state index contributed by atoms with van der Waals surface area (Å²) >= 11 is 0. The SMILES string of the molecule is C#C/C=C(C)\C=C(\C)CB(c1c(C)cc(C)cc1C)c1cc(-c2ccc3ccccc3c2)c2ccc3ccc(-c4ccc5ccccc5c4)c4ccc1c2c34.CC. The Hall–Kier alpha value is -6.36. The van der Waals surface area contributed by atoms with Gasteiger partial charge < -0.3 is 0 Å². The monoisotopic (exact) mass is 732 g/mol. The molecule has 0 aromatic heterocycles. The van der Waals surface area contributed by atoms with E-state index in [2.05, 4.69) is 186 Å². The van der Waals surface area contributed by atoms with E-state index in [9.17, 15) is 0 Å². The molecular formula is C56H49B. The summed E-state index contributed by atoms with van der Waals surface area (Å²) in [4.78, 5) is 0. The van der Waals surface area contributed by atoms with E-state index in [1.165, 1.54) is 109 Å². The van der Waals surface area contributed by atoms with Crippen LogP contribution in [0.5, 0.6) is 0 Å². The highest BCUT2D eigenvalue weighted by atomic mass is 14.2. The van der Waals surface area contributed by atoms with Gasteiger partial charge in [0.25, 0.3) is 0 Å². The molecule has 9 aromatic carbocycles. The van der Waals surface area contributed by atoms with Crippen LogP contribution in [0.25, 0.3) is 76.1 Å². The minimum absolute atomic E-state index is 0.124.